The zero-order valence-corrected chi connectivity index (χ0v) is 9.98. The molecule has 90 valence electrons. The van der Waals surface area contributed by atoms with E-state index in [9.17, 15) is 8.42 Å². The van der Waals surface area contributed by atoms with Crippen LogP contribution in [0.15, 0.2) is 12.4 Å². The van der Waals surface area contributed by atoms with Crippen molar-refractivity contribution in [1.82, 2.24) is 14.1 Å². The highest BCUT2D eigenvalue weighted by molar-refractivity contribution is 7.88. The topological polar surface area (TPSA) is 64.4 Å². The second kappa shape index (κ2) is 4.52. The van der Waals surface area contributed by atoms with E-state index in [4.69, 9.17) is 4.74 Å². The largest absolute Gasteiger partial charge is 0.363 e. The third kappa shape index (κ3) is 2.60. The molecule has 0 aromatic carbocycles. The lowest BCUT2D eigenvalue weighted by atomic mass is 10.2. The molecule has 0 atom stereocenters. The Hall–Kier alpha value is -0.920. The van der Waals surface area contributed by atoms with Gasteiger partial charge < -0.3 is 4.74 Å². The third-order valence-electron chi connectivity index (χ3n) is 2.52. The van der Waals surface area contributed by atoms with Crippen LogP contribution in [0.1, 0.15) is 5.56 Å². The SMILES string of the molecule is Cn1cc(CCN2CCOCS2(=O)=O)cn1. The average molecular weight is 245 g/mol. The number of aryl methyl sites for hydroxylation is 1. The molecule has 1 aromatic heterocycles. The molecule has 0 amide bonds. The summed E-state index contributed by atoms with van der Waals surface area (Å²) in [6.45, 7) is 1.42. The monoisotopic (exact) mass is 245 g/mol. The van der Waals surface area contributed by atoms with Crippen LogP contribution in [0, 0.1) is 0 Å². The predicted octanol–water partition coefficient (Wildman–Crippen LogP) is -0.418. The molecule has 1 fully saturated rings. The van der Waals surface area contributed by atoms with Gasteiger partial charge in [-0.05, 0) is 12.0 Å². The van der Waals surface area contributed by atoms with Crippen molar-refractivity contribution in [1.29, 1.82) is 0 Å². The Kier molecular flexibility index (Phi) is 3.27. The van der Waals surface area contributed by atoms with E-state index in [0.29, 0.717) is 26.1 Å². The van der Waals surface area contributed by atoms with Gasteiger partial charge in [0.2, 0.25) is 10.0 Å². The predicted molar refractivity (Wildman–Crippen MR) is 58.2 cm³/mol. The molecule has 1 aliphatic rings. The van der Waals surface area contributed by atoms with Gasteiger partial charge in [-0.3, -0.25) is 4.68 Å². The number of aromatic nitrogens is 2. The Morgan fingerprint density at radius 1 is 1.56 bits per heavy atom. The summed E-state index contributed by atoms with van der Waals surface area (Å²) in [5, 5.41) is 4.04. The van der Waals surface area contributed by atoms with Gasteiger partial charge in [0.1, 0.15) is 0 Å². The van der Waals surface area contributed by atoms with Crippen molar-refractivity contribution in [3.63, 3.8) is 0 Å². The first-order valence-electron chi connectivity index (χ1n) is 5.11. The maximum atomic E-state index is 11.6. The van der Waals surface area contributed by atoms with Gasteiger partial charge in [-0.15, -0.1) is 0 Å². The van der Waals surface area contributed by atoms with Crippen LogP contribution in [0.2, 0.25) is 0 Å². The lowest BCUT2D eigenvalue weighted by molar-refractivity contribution is 0.133. The van der Waals surface area contributed by atoms with Gasteiger partial charge >= 0.3 is 0 Å². The molecule has 1 aromatic rings. The van der Waals surface area contributed by atoms with E-state index in [1.807, 2.05) is 13.2 Å². The van der Waals surface area contributed by atoms with Gasteiger partial charge in [-0.2, -0.15) is 9.40 Å². The number of hydrogen-bond acceptors (Lipinski definition) is 4. The number of hydrogen-bond donors (Lipinski definition) is 0. The minimum Gasteiger partial charge on any atom is -0.363 e. The van der Waals surface area contributed by atoms with E-state index in [-0.39, 0.29) is 5.94 Å². The average Bonchev–Trinajstić information content (AvgIpc) is 2.62. The fourth-order valence-corrected chi connectivity index (χ4v) is 2.85. The summed E-state index contributed by atoms with van der Waals surface area (Å²) in [5.41, 5.74) is 1.05. The van der Waals surface area contributed by atoms with E-state index in [1.54, 1.807) is 10.9 Å². The summed E-state index contributed by atoms with van der Waals surface area (Å²) >= 11 is 0. The quantitative estimate of drug-likeness (QED) is 0.725. The lowest BCUT2D eigenvalue weighted by Crippen LogP contribution is -2.42. The first-order chi connectivity index (χ1) is 7.58. The van der Waals surface area contributed by atoms with E-state index in [1.165, 1.54) is 4.31 Å². The second-order valence-electron chi connectivity index (χ2n) is 3.81. The smallest absolute Gasteiger partial charge is 0.238 e. The van der Waals surface area contributed by atoms with E-state index >= 15 is 0 Å². The first-order valence-corrected chi connectivity index (χ1v) is 6.72. The minimum absolute atomic E-state index is 0.194. The van der Waals surface area contributed by atoms with Crippen LogP contribution in [-0.4, -0.2) is 48.1 Å². The molecule has 6 nitrogen and oxygen atoms in total. The summed E-state index contributed by atoms with van der Waals surface area (Å²) in [5.74, 6) is -0.194. The number of ether oxygens (including phenoxy) is 1. The zero-order valence-electron chi connectivity index (χ0n) is 9.16. The van der Waals surface area contributed by atoms with Crippen LogP contribution in [0.4, 0.5) is 0 Å². The van der Waals surface area contributed by atoms with Crippen LogP contribution >= 0.6 is 0 Å². The highest BCUT2D eigenvalue weighted by atomic mass is 32.2. The molecule has 1 aliphatic heterocycles. The van der Waals surface area contributed by atoms with Gasteiger partial charge in [-0.25, -0.2) is 8.42 Å². The van der Waals surface area contributed by atoms with Gasteiger partial charge in [0.05, 0.1) is 12.8 Å². The van der Waals surface area contributed by atoms with Crippen molar-refractivity contribution < 1.29 is 13.2 Å². The first kappa shape index (κ1) is 11.6. The summed E-state index contributed by atoms with van der Waals surface area (Å²) in [6.07, 6.45) is 4.34. The third-order valence-corrected chi connectivity index (χ3v) is 4.14. The number of sulfonamides is 1. The molecule has 0 aliphatic carbocycles. The molecule has 0 saturated carbocycles. The summed E-state index contributed by atoms with van der Waals surface area (Å²) < 4.78 is 31.3. The fraction of sp³-hybridized carbons (Fsp3) is 0.667. The highest BCUT2D eigenvalue weighted by Crippen LogP contribution is 2.09. The summed E-state index contributed by atoms with van der Waals surface area (Å²) in [7, 11) is -1.36. The van der Waals surface area contributed by atoms with Crippen molar-refractivity contribution in [3.8, 4) is 0 Å². The lowest BCUT2D eigenvalue weighted by Gasteiger charge is -2.25. The van der Waals surface area contributed by atoms with Crippen LogP contribution in [0.3, 0.4) is 0 Å². The second-order valence-corrected chi connectivity index (χ2v) is 5.73. The summed E-state index contributed by atoms with van der Waals surface area (Å²) in [6, 6.07) is 0. The minimum atomic E-state index is -3.20. The Labute approximate surface area is 94.9 Å². The molecule has 1 saturated heterocycles. The highest BCUT2D eigenvalue weighted by Gasteiger charge is 2.25. The maximum Gasteiger partial charge on any atom is 0.238 e. The van der Waals surface area contributed by atoms with Gasteiger partial charge in [0.15, 0.2) is 5.94 Å². The molecular formula is C9H15N3O3S. The van der Waals surface area contributed by atoms with Gasteiger partial charge in [0, 0.05) is 26.3 Å². The van der Waals surface area contributed by atoms with Crippen LogP contribution < -0.4 is 0 Å². The van der Waals surface area contributed by atoms with E-state index in [2.05, 4.69) is 5.10 Å². The maximum absolute atomic E-state index is 11.6. The molecule has 0 spiro atoms. The van der Waals surface area contributed by atoms with Gasteiger partial charge in [0.25, 0.3) is 0 Å². The molecule has 0 radical (unpaired) electrons. The van der Waals surface area contributed by atoms with Gasteiger partial charge in [-0.1, -0.05) is 0 Å². The van der Waals surface area contributed by atoms with E-state index < -0.39 is 10.0 Å². The molecule has 0 unspecified atom stereocenters. The van der Waals surface area contributed by atoms with Crippen molar-refractivity contribution >= 4 is 10.0 Å². The summed E-state index contributed by atoms with van der Waals surface area (Å²) in [4.78, 5) is 0. The standard InChI is InChI=1S/C9H15N3O3S/c1-11-7-9(6-10-11)2-3-12-4-5-15-8-16(12,13)14/h6-7H,2-5,8H2,1H3. The van der Waals surface area contributed by atoms with E-state index in [0.717, 1.165) is 5.56 Å². The fourth-order valence-electron chi connectivity index (χ4n) is 1.65. The van der Waals surface area contributed by atoms with Crippen molar-refractivity contribution in [3.05, 3.63) is 18.0 Å². The Bertz CT molecular complexity index is 454. The number of rotatable bonds is 3. The van der Waals surface area contributed by atoms with Crippen LogP contribution in [0.5, 0.6) is 0 Å². The molecule has 16 heavy (non-hydrogen) atoms. The van der Waals surface area contributed by atoms with Crippen molar-refractivity contribution in [2.24, 2.45) is 7.05 Å². The molecule has 2 heterocycles. The molecule has 0 bridgehead atoms. The molecule has 2 rings (SSSR count). The molecule has 7 heteroatoms. The Morgan fingerprint density at radius 2 is 2.38 bits per heavy atom. The Morgan fingerprint density at radius 3 is 3.00 bits per heavy atom. The van der Waals surface area contributed by atoms with Crippen molar-refractivity contribution in [2.45, 2.75) is 6.42 Å². The van der Waals surface area contributed by atoms with Crippen molar-refractivity contribution in [2.75, 3.05) is 25.6 Å². The van der Waals surface area contributed by atoms with Crippen LogP contribution in [-0.2, 0) is 28.2 Å². The normalized spacial score (nSPS) is 21.1. The van der Waals surface area contributed by atoms with Crippen LogP contribution in [0.25, 0.3) is 0 Å². The number of nitrogens with zero attached hydrogens (tertiary/aromatic N) is 3. The molecule has 0 N–H and O–H groups in total. The zero-order chi connectivity index (χ0) is 11.6. The Balaban J connectivity index is 1.94. The molecular weight excluding hydrogens is 230 g/mol.